The molecule has 2 aromatic rings. The molecular weight excluding hydrogens is 407 g/mol. The second-order valence-electron chi connectivity index (χ2n) is 6.25. The highest BCUT2D eigenvalue weighted by atomic mass is 32.1. The zero-order valence-corrected chi connectivity index (χ0v) is 16.4. The molecule has 0 atom stereocenters. The lowest BCUT2D eigenvalue weighted by Crippen LogP contribution is -2.33. The van der Waals surface area contributed by atoms with Crippen molar-refractivity contribution in [3.05, 3.63) is 51.7 Å². The normalized spacial score (nSPS) is 11.0. The standard InChI is InChI=1S/C19H20F3N3O3S/c1-12-4-5-13(17(27)24-11-19(20,21)22)9-15(12)25-16(26)3-2-7-23-18(28)14-6-8-29-10-14/h4-6,8-10H,2-3,7,11H2,1H3,(H,23,28)(H,24,27)(H,25,26). The summed E-state index contributed by atoms with van der Waals surface area (Å²) in [7, 11) is 0. The van der Waals surface area contributed by atoms with E-state index in [1.807, 2.05) is 0 Å². The summed E-state index contributed by atoms with van der Waals surface area (Å²) in [6, 6.07) is 5.96. The van der Waals surface area contributed by atoms with Crippen LogP contribution in [0.15, 0.2) is 35.0 Å². The van der Waals surface area contributed by atoms with Gasteiger partial charge < -0.3 is 16.0 Å². The van der Waals surface area contributed by atoms with E-state index in [9.17, 15) is 27.6 Å². The van der Waals surface area contributed by atoms with Crippen molar-refractivity contribution in [1.82, 2.24) is 10.6 Å². The molecule has 0 aliphatic rings. The second-order valence-corrected chi connectivity index (χ2v) is 7.03. The summed E-state index contributed by atoms with van der Waals surface area (Å²) in [6.45, 7) is 0.591. The maximum atomic E-state index is 12.2. The van der Waals surface area contributed by atoms with Gasteiger partial charge in [0.25, 0.3) is 11.8 Å². The molecule has 0 bridgehead atoms. The Morgan fingerprint density at radius 2 is 1.76 bits per heavy atom. The van der Waals surface area contributed by atoms with Crippen LogP contribution in [0.2, 0.25) is 0 Å². The Labute approximate surface area is 169 Å². The monoisotopic (exact) mass is 427 g/mol. The van der Waals surface area contributed by atoms with Gasteiger partial charge in [-0.15, -0.1) is 0 Å². The Hall–Kier alpha value is -2.88. The molecular formula is C19H20F3N3O3S. The van der Waals surface area contributed by atoms with Crippen LogP contribution in [0.5, 0.6) is 0 Å². The smallest absolute Gasteiger partial charge is 0.352 e. The number of carbonyl (C=O) groups excluding carboxylic acids is 3. The number of carbonyl (C=O) groups is 3. The first-order valence-electron chi connectivity index (χ1n) is 8.71. The van der Waals surface area contributed by atoms with E-state index in [1.165, 1.54) is 23.5 Å². The van der Waals surface area contributed by atoms with Crippen LogP contribution in [0, 0.1) is 6.92 Å². The lowest BCUT2D eigenvalue weighted by molar-refractivity contribution is -0.123. The average molecular weight is 427 g/mol. The fourth-order valence-corrected chi connectivity index (χ4v) is 2.98. The van der Waals surface area contributed by atoms with Crippen LogP contribution in [0.3, 0.4) is 0 Å². The predicted octanol–water partition coefficient (Wildman–Crippen LogP) is 3.50. The molecule has 2 rings (SSSR count). The Bertz CT molecular complexity index is 867. The van der Waals surface area contributed by atoms with E-state index in [4.69, 9.17) is 0 Å². The Balaban J connectivity index is 1.83. The fraction of sp³-hybridized carbons (Fsp3) is 0.316. The van der Waals surface area contributed by atoms with Crippen molar-refractivity contribution in [2.75, 3.05) is 18.4 Å². The minimum absolute atomic E-state index is 0.0122. The van der Waals surface area contributed by atoms with Gasteiger partial charge in [-0.25, -0.2) is 0 Å². The van der Waals surface area contributed by atoms with Gasteiger partial charge in [0.2, 0.25) is 5.91 Å². The van der Waals surface area contributed by atoms with E-state index in [-0.39, 0.29) is 23.8 Å². The van der Waals surface area contributed by atoms with E-state index in [0.717, 1.165) is 0 Å². The zero-order chi connectivity index (χ0) is 21.4. The van der Waals surface area contributed by atoms with E-state index < -0.39 is 18.6 Å². The number of hydrogen-bond acceptors (Lipinski definition) is 4. The van der Waals surface area contributed by atoms with Gasteiger partial charge in [-0.05, 0) is 42.5 Å². The molecule has 1 aromatic carbocycles. The highest BCUT2D eigenvalue weighted by molar-refractivity contribution is 7.08. The molecule has 3 amide bonds. The molecule has 6 nitrogen and oxygen atoms in total. The van der Waals surface area contributed by atoms with Crippen molar-refractivity contribution in [2.45, 2.75) is 25.9 Å². The summed E-state index contributed by atoms with van der Waals surface area (Å²) in [6.07, 6.45) is -3.96. The number of halogens is 3. The third-order valence-electron chi connectivity index (χ3n) is 3.87. The Kier molecular flexibility index (Phi) is 7.77. The van der Waals surface area contributed by atoms with E-state index in [2.05, 4.69) is 10.6 Å². The number of alkyl halides is 3. The third-order valence-corrected chi connectivity index (χ3v) is 4.56. The summed E-state index contributed by atoms with van der Waals surface area (Å²) >= 11 is 1.41. The number of rotatable bonds is 8. The molecule has 10 heteroatoms. The van der Waals surface area contributed by atoms with Crippen LogP contribution in [-0.2, 0) is 4.79 Å². The van der Waals surface area contributed by atoms with Gasteiger partial charge in [-0.1, -0.05) is 6.07 Å². The Morgan fingerprint density at radius 3 is 2.41 bits per heavy atom. The molecule has 0 radical (unpaired) electrons. The summed E-state index contributed by atoms with van der Waals surface area (Å²) in [5.41, 5.74) is 1.59. The maximum absolute atomic E-state index is 12.2. The maximum Gasteiger partial charge on any atom is 0.405 e. The Morgan fingerprint density at radius 1 is 1.03 bits per heavy atom. The number of amides is 3. The molecule has 0 fully saturated rings. The topological polar surface area (TPSA) is 87.3 Å². The first kappa shape index (κ1) is 22.4. The average Bonchev–Trinajstić information content (AvgIpc) is 3.19. The molecule has 1 aromatic heterocycles. The number of thiophene rings is 1. The van der Waals surface area contributed by atoms with Crippen LogP contribution in [0.4, 0.5) is 18.9 Å². The molecule has 0 saturated carbocycles. The number of nitrogens with one attached hydrogen (secondary N) is 3. The molecule has 0 spiro atoms. The predicted molar refractivity (Wildman–Crippen MR) is 104 cm³/mol. The fourth-order valence-electron chi connectivity index (χ4n) is 2.34. The molecule has 156 valence electrons. The molecule has 0 aliphatic carbocycles. The van der Waals surface area contributed by atoms with Crippen molar-refractivity contribution in [1.29, 1.82) is 0 Å². The van der Waals surface area contributed by atoms with Gasteiger partial charge in [-0.3, -0.25) is 14.4 Å². The van der Waals surface area contributed by atoms with Crippen molar-refractivity contribution < 1.29 is 27.6 Å². The van der Waals surface area contributed by atoms with Gasteiger partial charge in [0.1, 0.15) is 6.54 Å². The van der Waals surface area contributed by atoms with Crippen LogP contribution < -0.4 is 16.0 Å². The summed E-state index contributed by atoms with van der Waals surface area (Å²) in [5, 5.41) is 10.7. The number of benzene rings is 1. The van der Waals surface area contributed by atoms with Gasteiger partial charge >= 0.3 is 6.18 Å². The first-order valence-corrected chi connectivity index (χ1v) is 9.66. The van der Waals surface area contributed by atoms with Crippen molar-refractivity contribution in [2.24, 2.45) is 0 Å². The van der Waals surface area contributed by atoms with Crippen molar-refractivity contribution >= 4 is 34.7 Å². The van der Waals surface area contributed by atoms with E-state index in [1.54, 1.807) is 35.1 Å². The molecule has 0 unspecified atom stereocenters. The number of anilines is 1. The highest BCUT2D eigenvalue weighted by Gasteiger charge is 2.28. The van der Waals surface area contributed by atoms with Crippen LogP contribution in [0.1, 0.15) is 39.1 Å². The second kappa shape index (κ2) is 10.1. The largest absolute Gasteiger partial charge is 0.405 e. The highest BCUT2D eigenvalue weighted by Crippen LogP contribution is 2.18. The zero-order valence-electron chi connectivity index (χ0n) is 15.6. The summed E-state index contributed by atoms with van der Waals surface area (Å²) < 4.78 is 36.7. The van der Waals surface area contributed by atoms with Crippen molar-refractivity contribution in [3.8, 4) is 0 Å². The molecule has 0 saturated heterocycles. The van der Waals surface area contributed by atoms with Gasteiger partial charge in [0, 0.05) is 35.2 Å². The van der Waals surface area contributed by atoms with Crippen LogP contribution in [-0.4, -0.2) is 37.0 Å². The molecule has 29 heavy (non-hydrogen) atoms. The minimum atomic E-state index is -4.50. The number of hydrogen-bond donors (Lipinski definition) is 3. The number of aryl methyl sites for hydroxylation is 1. The molecule has 3 N–H and O–H groups in total. The quantitative estimate of drug-likeness (QED) is 0.564. The van der Waals surface area contributed by atoms with Gasteiger partial charge in [-0.2, -0.15) is 24.5 Å². The lowest BCUT2D eigenvalue weighted by atomic mass is 10.1. The van der Waals surface area contributed by atoms with Gasteiger partial charge in [0.05, 0.1) is 0 Å². The van der Waals surface area contributed by atoms with Gasteiger partial charge in [0.15, 0.2) is 0 Å². The molecule has 0 aliphatic heterocycles. The molecule has 1 heterocycles. The van der Waals surface area contributed by atoms with Crippen LogP contribution in [0.25, 0.3) is 0 Å². The summed E-state index contributed by atoms with van der Waals surface area (Å²) in [5.74, 6) is -1.42. The lowest BCUT2D eigenvalue weighted by Gasteiger charge is -2.12. The SMILES string of the molecule is Cc1ccc(C(=O)NCC(F)(F)F)cc1NC(=O)CCCNC(=O)c1ccsc1. The third kappa shape index (κ3) is 7.57. The minimum Gasteiger partial charge on any atom is -0.352 e. The summed E-state index contributed by atoms with van der Waals surface area (Å²) in [4.78, 5) is 35.7. The van der Waals surface area contributed by atoms with Crippen LogP contribution >= 0.6 is 11.3 Å². The van der Waals surface area contributed by atoms with E-state index >= 15 is 0 Å². The first-order chi connectivity index (χ1) is 13.7. The van der Waals surface area contributed by atoms with Crippen molar-refractivity contribution in [3.63, 3.8) is 0 Å². The van der Waals surface area contributed by atoms with E-state index in [0.29, 0.717) is 29.8 Å².